The lowest BCUT2D eigenvalue weighted by atomic mass is 10.2. The second-order valence-electron chi connectivity index (χ2n) is 4.30. The summed E-state index contributed by atoms with van der Waals surface area (Å²) in [7, 11) is 0. The Labute approximate surface area is 114 Å². The summed E-state index contributed by atoms with van der Waals surface area (Å²) in [5, 5.41) is 12.4. The predicted octanol–water partition coefficient (Wildman–Crippen LogP) is 1.60. The van der Waals surface area contributed by atoms with Crippen LogP contribution in [0.25, 0.3) is 0 Å². The van der Waals surface area contributed by atoms with E-state index in [0.29, 0.717) is 17.3 Å². The van der Waals surface area contributed by atoms with Gasteiger partial charge in [0.25, 0.3) is 0 Å². The van der Waals surface area contributed by atoms with Gasteiger partial charge in [-0.2, -0.15) is 4.98 Å². The van der Waals surface area contributed by atoms with Crippen molar-refractivity contribution in [3.05, 3.63) is 36.0 Å². The molecular formula is C13H12N2O5. The molecule has 1 aromatic carbocycles. The van der Waals surface area contributed by atoms with Gasteiger partial charge in [0.15, 0.2) is 17.6 Å². The monoisotopic (exact) mass is 276 g/mol. The summed E-state index contributed by atoms with van der Waals surface area (Å²) in [5.41, 5.74) is 0. The van der Waals surface area contributed by atoms with Crippen molar-refractivity contribution < 1.29 is 23.9 Å². The van der Waals surface area contributed by atoms with E-state index < -0.39 is 12.1 Å². The van der Waals surface area contributed by atoms with Gasteiger partial charge < -0.3 is 19.1 Å². The first-order chi connectivity index (χ1) is 9.72. The second kappa shape index (κ2) is 5.20. The highest BCUT2D eigenvalue weighted by atomic mass is 16.6. The minimum Gasteiger partial charge on any atom is -0.485 e. The van der Waals surface area contributed by atoms with Crippen LogP contribution in [-0.4, -0.2) is 27.8 Å². The highest BCUT2D eigenvalue weighted by Crippen LogP contribution is 2.35. The maximum Gasteiger partial charge on any atom is 0.303 e. The number of aryl methyl sites for hydroxylation is 1. The third-order valence-electron chi connectivity index (χ3n) is 2.83. The third kappa shape index (κ3) is 2.56. The molecule has 0 amide bonds. The highest BCUT2D eigenvalue weighted by molar-refractivity contribution is 5.66. The number of ether oxygens (including phenoxy) is 2. The van der Waals surface area contributed by atoms with Crippen LogP contribution in [0.1, 0.15) is 24.2 Å². The molecule has 1 aliphatic rings. The van der Waals surface area contributed by atoms with Crippen LogP contribution in [0.3, 0.4) is 0 Å². The van der Waals surface area contributed by atoms with Crippen molar-refractivity contribution in [2.45, 2.75) is 18.9 Å². The van der Waals surface area contributed by atoms with Crippen LogP contribution >= 0.6 is 0 Å². The van der Waals surface area contributed by atoms with Gasteiger partial charge in [-0.1, -0.05) is 17.3 Å². The summed E-state index contributed by atoms with van der Waals surface area (Å²) in [6.45, 7) is 0.287. The molecule has 20 heavy (non-hydrogen) atoms. The van der Waals surface area contributed by atoms with Crippen LogP contribution in [0.4, 0.5) is 0 Å². The summed E-state index contributed by atoms with van der Waals surface area (Å²) in [5.74, 6) is 1.04. The number of rotatable bonds is 4. The number of aromatic nitrogens is 2. The van der Waals surface area contributed by atoms with Crippen LogP contribution in [0, 0.1) is 0 Å². The molecular weight excluding hydrogens is 264 g/mol. The fourth-order valence-corrected chi connectivity index (χ4v) is 1.86. The first-order valence-electron chi connectivity index (χ1n) is 6.15. The maximum atomic E-state index is 10.5. The van der Waals surface area contributed by atoms with Crippen molar-refractivity contribution in [2.24, 2.45) is 0 Å². The van der Waals surface area contributed by atoms with Crippen molar-refractivity contribution >= 4 is 5.97 Å². The number of carboxylic acids is 1. The Hall–Kier alpha value is -2.57. The zero-order valence-electron chi connectivity index (χ0n) is 10.5. The van der Waals surface area contributed by atoms with Crippen molar-refractivity contribution in [1.29, 1.82) is 0 Å². The smallest absolute Gasteiger partial charge is 0.303 e. The number of para-hydroxylation sites is 2. The molecule has 1 aromatic heterocycles. The number of hydrogen-bond acceptors (Lipinski definition) is 6. The van der Waals surface area contributed by atoms with E-state index in [0.717, 1.165) is 0 Å². The molecule has 1 aliphatic heterocycles. The van der Waals surface area contributed by atoms with Gasteiger partial charge in [-0.25, -0.2) is 0 Å². The average molecular weight is 276 g/mol. The first kappa shape index (κ1) is 12.5. The zero-order chi connectivity index (χ0) is 13.9. The van der Waals surface area contributed by atoms with Crippen LogP contribution < -0.4 is 9.47 Å². The lowest BCUT2D eigenvalue weighted by molar-refractivity contribution is -0.137. The number of hydrogen-bond donors (Lipinski definition) is 1. The third-order valence-corrected chi connectivity index (χ3v) is 2.83. The van der Waals surface area contributed by atoms with E-state index in [9.17, 15) is 4.79 Å². The Morgan fingerprint density at radius 2 is 2.15 bits per heavy atom. The molecule has 2 aromatic rings. The van der Waals surface area contributed by atoms with Crippen molar-refractivity contribution in [2.75, 3.05) is 6.61 Å². The molecule has 7 nitrogen and oxygen atoms in total. The number of nitrogens with zero attached hydrogens (tertiary/aromatic N) is 2. The van der Waals surface area contributed by atoms with Gasteiger partial charge in [0.1, 0.15) is 6.61 Å². The molecule has 7 heteroatoms. The Morgan fingerprint density at radius 3 is 2.95 bits per heavy atom. The number of fused-ring (bicyclic) bond motifs is 1. The van der Waals surface area contributed by atoms with Gasteiger partial charge in [-0.3, -0.25) is 4.79 Å². The quantitative estimate of drug-likeness (QED) is 0.906. The fourth-order valence-electron chi connectivity index (χ4n) is 1.86. The number of benzene rings is 1. The summed E-state index contributed by atoms with van der Waals surface area (Å²) < 4.78 is 16.3. The molecule has 0 saturated carbocycles. The fraction of sp³-hybridized carbons (Fsp3) is 0.308. The van der Waals surface area contributed by atoms with Crippen LogP contribution in [0.2, 0.25) is 0 Å². The highest BCUT2D eigenvalue weighted by Gasteiger charge is 2.26. The SMILES string of the molecule is O=C(O)CCc1nc(C2COc3ccccc3O2)no1. The van der Waals surface area contributed by atoms with Gasteiger partial charge >= 0.3 is 5.97 Å². The largest absolute Gasteiger partial charge is 0.485 e. The molecule has 0 spiro atoms. The first-order valence-corrected chi connectivity index (χ1v) is 6.15. The topological polar surface area (TPSA) is 94.7 Å². The molecule has 0 fully saturated rings. The molecule has 0 aliphatic carbocycles. The van der Waals surface area contributed by atoms with E-state index in [1.807, 2.05) is 18.2 Å². The molecule has 1 unspecified atom stereocenters. The van der Waals surface area contributed by atoms with E-state index in [4.69, 9.17) is 19.1 Å². The van der Waals surface area contributed by atoms with E-state index in [1.54, 1.807) is 6.07 Å². The minimum atomic E-state index is -0.907. The molecule has 0 saturated heterocycles. The van der Waals surface area contributed by atoms with E-state index in [-0.39, 0.29) is 25.3 Å². The van der Waals surface area contributed by atoms with E-state index in [1.165, 1.54) is 0 Å². The lowest BCUT2D eigenvalue weighted by Crippen LogP contribution is -2.22. The van der Waals surface area contributed by atoms with Crippen LogP contribution in [0.15, 0.2) is 28.8 Å². The Morgan fingerprint density at radius 1 is 1.35 bits per heavy atom. The summed E-state index contributed by atoms with van der Waals surface area (Å²) in [4.78, 5) is 14.6. The minimum absolute atomic E-state index is 0.0491. The van der Waals surface area contributed by atoms with Gasteiger partial charge in [0.05, 0.1) is 6.42 Å². The number of aliphatic carboxylic acids is 1. The normalized spacial score (nSPS) is 16.9. The Bertz CT molecular complexity index is 625. The van der Waals surface area contributed by atoms with Crippen molar-refractivity contribution in [1.82, 2.24) is 10.1 Å². The number of carbonyl (C=O) groups is 1. The summed E-state index contributed by atoms with van der Waals surface area (Å²) in [6, 6.07) is 7.33. The maximum absolute atomic E-state index is 10.5. The van der Waals surface area contributed by atoms with Gasteiger partial charge in [-0.05, 0) is 12.1 Å². The molecule has 2 heterocycles. The molecule has 0 radical (unpaired) electrons. The Kier molecular flexibility index (Phi) is 3.24. The zero-order valence-corrected chi connectivity index (χ0v) is 10.5. The van der Waals surface area contributed by atoms with Gasteiger partial charge in [0, 0.05) is 6.42 Å². The molecule has 1 N–H and O–H groups in total. The lowest BCUT2D eigenvalue weighted by Gasteiger charge is -2.24. The number of carboxylic acid groups (broad SMARTS) is 1. The van der Waals surface area contributed by atoms with Crippen molar-refractivity contribution in [3.63, 3.8) is 0 Å². The Balaban J connectivity index is 1.70. The van der Waals surface area contributed by atoms with Crippen LogP contribution in [-0.2, 0) is 11.2 Å². The predicted molar refractivity (Wildman–Crippen MR) is 65.6 cm³/mol. The van der Waals surface area contributed by atoms with Gasteiger partial charge in [-0.15, -0.1) is 0 Å². The molecule has 1 atom stereocenters. The molecule has 3 rings (SSSR count). The summed E-state index contributed by atoms with van der Waals surface area (Å²) >= 11 is 0. The molecule has 104 valence electrons. The van der Waals surface area contributed by atoms with E-state index >= 15 is 0 Å². The second-order valence-corrected chi connectivity index (χ2v) is 4.30. The standard InChI is InChI=1S/C13H12N2O5/c16-12(17)6-5-11-14-13(15-20-11)10-7-18-8-3-1-2-4-9(8)19-10/h1-4,10H,5-7H2,(H,16,17). The molecule has 0 bridgehead atoms. The van der Waals surface area contributed by atoms with Gasteiger partial charge in [0.2, 0.25) is 11.7 Å². The van der Waals surface area contributed by atoms with E-state index in [2.05, 4.69) is 10.1 Å². The average Bonchev–Trinajstić information content (AvgIpc) is 2.93. The van der Waals surface area contributed by atoms with Crippen molar-refractivity contribution in [3.8, 4) is 11.5 Å². The van der Waals surface area contributed by atoms with Crippen LogP contribution in [0.5, 0.6) is 11.5 Å². The summed E-state index contributed by atoms with van der Waals surface area (Å²) in [6.07, 6.45) is -0.300.